The van der Waals surface area contributed by atoms with Crippen molar-refractivity contribution in [1.29, 1.82) is 0 Å². The number of hydrogen-bond acceptors (Lipinski definition) is 1. The van der Waals surface area contributed by atoms with Crippen LogP contribution in [0.2, 0.25) is 0 Å². The highest BCUT2D eigenvalue weighted by Crippen LogP contribution is 2.10. The van der Waals surface area contributed by atoms with E-state index in [4.69, 9.17) is 0 Å². The molecule has 0 amide bonds. The van der Waals surface area contributed by atoms with E-state index in [1.165, 1.54) is 24.3 Å². The molecule has 0 saturated carbocycles. The lowest BCUT2D eigenvalue weighted by molar-refractivity contribution is -0.681. The molecule has 0 fully saturated rings. The van der Waals surface area contributed by atoms with Crippen LogP contribution in [0, 0.1) is 5.82 Å². The summed E-state index contributed by atoms with van der Waals surface area (Å²) < 4.78 is 14.7. The molecule has 2 nitrogen and oxygen atoms in total. The van der Waals surface area contributed by atoms with Gasteiger partial charge in [0, 0.05) is 17.0 Å². The van der Waals surface area contributed by atoms with Gasteiger partial charge in [-0.1, -0.05) is 18.2 Å². The summed E-state index contributed by atoms with van der Waals surface area (Å²) in [6, 6.07) is 15.6. The predicted molar refractivity (Wildman–Crippen MR) is 74.9 cm³/mol. The van der Waals surface area contributed by atoms with Gasteiger partial charge < -0.3 is 12.4 Å². The van der Waals surface area contributed by atoms with Crippen molar-refractivity contribution in [2.24, 2.45) is 0 Å². The SMILES string of the molecule is O=C(C[n+]1ccc2ccccc2c1)c1ccc(F)cc1.[Cl-]. The molecular weight excluding hydrogens is 289 g/mol. The second kappa shape index (κ2) is 6.46. The number of carbonyl (C=O) groups is 1. The average Bonchev–Trinajstić information content (AvgIpc) is 2.48. The summed E-state index contributed by atoms with van der Waals surface area (Å²) in [5, 5.41) is 2.22. The Hall–Kier alpha value is -2.26. The third-order valence-corrected chi connectivity index (χ3v) is 3.24. The van der Waals surface area contributed by atoms with Gasteiger partial charge in [0.2, 0.25) is 12.3 Å². The van der Waals surface area contributed by atoms with E-state index < -0.39 is 0 Å². The second-order valence-corrected chi connectivity index (χ2v) is 4.68. The van der Waals surface area contributed by atoms with Gasteiger partial charge in [0.25, 0.3) is 0 Å². The van der Waals surface area contributed by atoms with Gasteiger partial charge >= 0.3 is 0 Å². The van der Waals surface area contributed by atoms with Crippen molar-refractivity contribution < 1.29 is 26.2 Å². The molecule has 3 aromatic rings. The molecule has 0 unspecified atom stereocenters. The van der Waals surface area contributed by atoms with Gasteiger partial charge in [-0.3, -0.25) is 4.79 Å². The Kier molecular flexibility index (Phi) is 4.66. The minimum absolute atomic E-state index is 0. The second-order valence-electron chi connectivity index (χ2n) is 4.68. The summed E-state index contributed by atoms with van der Waals surface area (Å²) in [7, 11) is 0. The Morgan fingerprint density at radius 3 is 2.33 bits per heavy atom. The number of hydrogen-bond donors (Lipinski definition) is 0. The molecular formula is C17H13ClFNO. The number of Topliss-reactive ketones (excluding diaryl/α,β-unsaturated/α-hetero) is 1. The Morgan fingerprint density at radius 2 is 1.62 bits per heavy atom. The third kappa shape index (κ3) is 3.44. The van der Waals surface area contributed by atoms with E-state index in [0.29, 0.717) is 5.56 Å². The summed E-state index contributed by atoms with van der Waals surface area (Å²) in [6.07, 6.45) is 3.82. The maximum atomic E-state index is 12.8. The molecule has 0 radical (unpaired) electrons. The largest absolute Gasteiger partial charge is 1.00 e. The smallest absolute Gasteiger partial charge is 0.227 e. The van der Waals surface area contributed by atoms with Gasteiger partial charge in [-0.25, -0.2) is 4.39 Å². The fraction of sp³-hybridized carbons (Fsp3) is 0.0588. The van der Waals surface area contributed by atoms with Crippen LogP contribution in [0.1, 0.15) is 10.4 Å². The van der Waals surface area contributed by atoms with Crippen LogP contribution in [-0.4, -0.2) is 5.78 Å². The van der Waals surface area contributed by atoms with Gasteiger partial charge in [-0.2, -0.15) is 4.57 Å². The minimum atomic E-state index is -0.333. The lowest BCUT2D eigenvalue weighted by Gasteiger charge is -2.00. The maximum absolute atomic E-state index is 12.8. The van der Waals surface area contributed by atoms with Crippen molar-refractivity contribution in [3.05, 3.63) is 78.4 Å². The zero-order chi connectivity index (χ0) is 13.9. The van der Waals surface area contributed by atoms with Gasteiger partial charge in [0.05, 0.1) is 0 Å². The highest BCUT2D eigenvalue weighted by molar-refractivity contribution is 5.95. The van der Waals surface area contributed by atoms with Crippen LogP contribution in [0.5, 0.6) is 0 Å². The predicted octanol–water partition coefficient (Wildman–Crippen LogP) is 0.153. The standard InChI is InChI=1S/C17H13FNO.ClH/c18-16-7-5-14(6-8-16)17(20)12-19-10-9-13-3-1-2-4-15(13)11-19;/h1-11H,12H2;1H/q+1;/p-1. The van der Waals surface area contributed by atoms with E-state index in [2.05, 4.69) is 0 Å². The number of halogens is 2. The Balaban J connectivity index is 0.00000161. The normalized spacial score (nSPS) is 10.1. The van der Waals surface area contributed by atoms with E-state index in [-0.39, 0.29) is 30.6 Å². The van der Waals surface area contributed by atoms with Crippen molar-refractivity contribution in [2.75, 3.05) is 0 Å². The summed E-state index contributed by atoms with van der Waals surface area (Å²) >= 11 is 0. The number of nitrogens with zero attached hydrogens (tertiary/aromatic N) is 1. The molecule has 0 aliphatic carbocycles. The Morgan fingerprint density at radius 1 is 0.952 bits per heavy atom. The molecule has 1 aromatic heterocycles. The van der Waals surface area contributed by atoms with Gasteiger partial charge in [0.15, 0.2) is 12.4 Å². The quantitative estimate of drug-likeness (QED) is 0.498. The minimum Gasteiger partial charge on any atom is -1.00 e. The number of rotatable bonds is 3. The first-order valence-electron chi connectivity index (χ1n) is 6.39. The summed E-state index contributed by atoms with van der Waals surface area (Å²) in [5.41, 5.74) is 0.520. The first kappa shape index (κ1) is 15.1. The van der Waals surface area contributed by atoms with Crippen LogP contribution >= 0.6 is 0 Å². The van der Waals surface area contributed by atoms with Crippen molar-refractivity contribution >= 4 is 16.6 Å². The Labute approximate surface area is 128 Å². The molecule has 0 spiro atoms. The molecule has 0 saturated heterocycles. The third-order valence-electron chi connectivity index (χ3n) is 3.24. The van der Waals surface area contributed by atoms with Crippen LogP contribution < -0.4 is 17.0 Å². The lowest BCUT2D eigenvalue weighted by Crippen LogP contribution is -3.00. The first-order valence-corrected chi connectivity index (χ1v) is 6.39. The highest BCUT2D eigenvalue weighted by atomic mass is 35.5. The number of pyridine rings is 1. The van der Waals surface area contributed by atoms with E-state index in [1.807, 2.05) is 47.3 Å². The van der Waals surface area contributed by atoms with Crippen molar-refractivity contribution in [2.45, 2.75) is 6.54 Å². The molecule has 3 rings (SSSR count). The number of aromatic nitrogens is 1. The number of benzene rings is 2. The lowest BCUT2D eigenvalue weighted by atomic mass is 10.1. The molecule has 0 bridgehead atoms. The zero-order valence-electron chi connectivity index (χ0n) is 11.2. The molecule has 1 heterocycles. The van der Waals surface area contributed by atoms with Gasteiger partial charge in [-0.15, -0.1) is 0 Å². The molecule has 0 aliphatic heterocycles. The van der Waals surface area contributed by atoms with E-state index >= 15 is 0 Å². The molecule has 2 aromatic carbocycles. The topological polar surface area (TPSA) is 20.9 Å². The molecule has 0 N–H and O–H groups in total. The molecule has 4 heteroatoms. The van der Waals surface area contributed by atoms with Crippen LogP contribution in [0.25, 0.3) is 10.8 Å². The van der Waals surface area contributed by atoms with Crippen LogP contribution in [0.3, 0.4) is 0 Å². The number of ketones is 1. The summed E-state index contributed by atoms with van der Waals surface area (Å²) in [5.74, 6) is -0.370. The maximum Gasteiger partial charge on any atom is 0.227 e. The van der Waals surface area contributed by atoms with Crippen molar-refractivity contribution in [1.82, 2.24) is 0 Å². The van der Waals surface area contributed by atoms with Crippen molar-refractivity contribution in [3.8, 4) is 0 Å². The molecule has 106 valence electrons. The van der Waals surface area contributed by atoms with Crippen LogP contribution in [0.15, 0.2) is 67.0 Å². The van der Waals surface area contributed by atoms with Crippen LogP contribution in [-0.2, 0) is 6.54 Å². The van der Waals surface area contributed by atoms with Crippen molar-refractivity contribution in [3.63, 3.8) is 0 Å². The van der Waals surface area contributed by atoms with Gasteiger partial charge in [0.1, 0.15) is 5.82 Å². The fourth-order valence-corrected chi connectivity index (χ4v) is 2.17. The molecule has 0 aliphatic rings. The first-order chi connectivity index (χ1) is 9.72. The zero-order valence-corrected chi connectivity index (χ0v) is 11.9. The monoisotopic (exact) mass is 301 g/mol. The number of carbonyl (C=O) groups excluding carboxylic acids is 1. The highest BCUT2D eigenvalue weighted by Gasteiger charge is 2.12. The molecule has 21 heavy (non-hydrogen) atoms. The number of fused-ring (bicyclic) bond motifs is 1. The Bertz CT molecular complexity index is 771. The van der Waals surface area contributed by atoms with E-state index in [0.717, 1.165) is 10.8 Å². The van der Waals surface area contributed by atoms with Crippen LogP contribution in [0.4, 0.5) is 4.39 Å². The fourth-order valence-electron chi connectivity index (χ4n) is 2.17. The summed E-state index contributed by atoms with van der Waals surface area (Å²) in [6.45, 7) is 0.246. The van der Waals surface area contributed by atoms with E-state index in [1.54, 1.807) is 0 Å². The van der Waals surface area contributed by atoms with Gasteiger partial charge in [-0.05, 0) is 35.7 Å². The molecule has 0 atom stereocenters. The van der Waals surface area contributed by atoms with E-state index in [9.17, 15) is 9.18 Å². The average molecular weight is 302 g/mol. The summed E-state index contributed by atoms with van der Waals surface area (Å²) in [4.78, 5) is 12.1.